The Bertz CT molecular complexity index is 789. The van der Waals surface area contributed by atoms with E-state index < -0.39 is 0 Å². The van der Waals surface area contributed by atoms with Crippen LogP contribution in [0.1, 0.15) is 53.9 Å². The van der Waals surface area contributed by atoms with E-state index in [1.165, 1.54) is 11.4 Å². The summed E-state index contributed by atoms with van der Waals surface area (Å²) in [4.78, 5) is 14.3. The Morgan fingerprint density at radius 3 is 1.58 bits per heavy atom. The number of anilines is 2. The van der Waals surface area contributed by atoms with Crippen molar-refractivity contribution < 1.29 is 20.4 Å². The van der Waals surface area contributed by atoms with E-state index in [9.17, 15) is 0 Å². The molecular weight excluding hydrogens is 475 g/mol. The SMILES string of the molecule is CCCCC(C=Nc1ccc(N(CC)CC)cc1)=Nc1ccc(N(CC)CC)cc1.[Pd]. The standard InChI is InChI=1S/C26H38N4.Pd/c1-6-11-12-24(28-23-15-19-26(20-16-23)30(9-4)10-5)21-27-22-13-17-25(18-14-22)29(7-2)8-3;/h13-21H,6-12H2,1-5H3;. The summed E-state index contributed by atoms with van der Waals surface area (Å²) in [6.07, 6.45) is 5.13. The Morgan fingerprint density at radius 2 is 1.16 bits per heavy atom. The Balaban J connectivity index is 0.00000480. The molecule has 0 N–H and O–H groups in total. The molecule has 0 unspecified atom stereocenters. The van der Waals surface area contributed by atoms with Gasteiger partial charge < -0.3 is 9.80 Å². The van der Waals surface area contributed by atoms with Crippen molar-refractivity contribution in [2.75, 3.05) is 36.0 Å². The molecule has 0 amide bonds. The third-order valence-corrected chi connectivity index (χ3v) is 5.38. The maximum atomic E-state index is 4.88. The number of benzene rings is 2. The quantitative estimate of drug-likeness (QED) is 0.225. The van der Waals surface area contributed by atoms with Crippen LogP contribution in [-0.4, -0.2) is 38.1 Å². The third-order valence-electron chi connectivity index (χ3n) is 5.38. The molecule has 2 rings (SSSR count). The predicted octanol–water partition coefficient (Wildman–Crippen LogP) is 7.04. The molecule has 0 saturated heterocycles. The van der Waals surface area contributed by atoms with E-state index in [4.69, 9.17) is 9.98 Å². The summed E-state index contributed by atoms with van der Waals surface area (Å²) in [5.74, 6) is 0. The summed E-state index contributed by atoms with van der Waals surface area (Å²) >= 11 is 0. The number of hydrogen-bond donors (Lipinski definition) is 0. The van der Waals surface area contributed by atoms with Crippen molar-refractivity contribution >= 4 is 34.7 Å². The summed E-state index contributed by atoms with van der Waals surface area (Å²) in [5.41, 5.74) is 5.47. The van der Waals surface area contributed by atoms with Crippen molar-refractivity contribution in [2.24, 2.45) is 9.98 Å². The zero-order chi connectivity index (χ0) is 21.8. The van der Waals surface area contributed by atoms with Crippen LogP contribution in [0, 0.1) is 0 Å². The summed E-state index contributed by atoms with van der Waals surface area (Å²) in [5, 5.41) is 0. The maximum Gasteiger partial charge on any atom is 0.0635 e. The first kappa shape index (κ1) is 27.1. The van der Waals surface area contributed by atoms with E-state index in [0.717, 1.165) is 62.5 Å². The molecule has 0 aliphatic rings. The van der Waals surface area contributed by atoms with Gasteiger partial charge in [0.2, 0.25) is 0 Å². The first-order valence-electron chi connectivity index (χ1n) is 11.5. The van der Waals surface area contributed by atoms with E-state index in [-0.39, 0.29) is 20.4 Å². The van der Waals surface area contributed by atoms with Crippen LogP contribution in [0.25, 0.3) is 0 Å². The molecule has 31 heavy (non-hydrogen) atoms. The summed E-state index contributed by atoms with van der Waals surface area (Å²) in [6, 6.07) is 17.0. The van der Waals surface area contributed by atoms with E-state index in [0.29, 0.717) is 0 Å². The zero-order valence-electron chi connectivity index (χ0n) is 19.8. The van der Waals surface area contributed by atoms with Gasteiger partial charge in [0.05, 0.1) is 17.1 Å². The fourth-order valence-corrected chi connectivity index (χ4v) is 3.49. The first-order chi connectivity index (χ1) is 14.6. The summed E-state index contributed by atoms with van der Waals surface area (Å²) in [6.45, 7) is 15.0. The van der Waals surface area contributed by atoms with Crippen molar-refractivity contribution in [3.05, 3.63) is 48.5 Å². The Morgan fingerprint density at radius 1 is 0.710 bits per heavy atom. The van der Waals surface area contributed by atoms with Gasteiger partial charge in [0.15, 0.2) is 0 Å². The number of aliphatic imine (C=N–C) groups is 2. The molecule has 5 heteroatoms. The molecule has 0 bridgehead atoms. The fourth-order valence-electron chi connectivity index (χ4n) is 3.49. The number of rotatable bonds is 12. The average molecular weight is 513 g/mol. The van der Waals surface area contributed by atoms with Crippen LogP contribution >= 0.6 is 0 Å². The molecule has 0 heterocycles. The van der Waals surface area contributed by atoms with E-state index in [2.05, 4.69) is 92.9 Å². The second-order valence-electron chi connectivity index (χ2n) is 7.34. The fraction of sp³-hybridized carbons (Fsp3) is 0.462. The predicted molar refractivity (Wildman–Crippen MR) is 135 cm³/mol. The Labute approximate surface area is 203 Å². The van der Waals surface area contributed by atoms with Gasteiger partial charge in [-0.25, -0.2) is 0 Å². The number of nitrogens with zero attached hydrogens (tertiary/aromatic N) is 4. The molecule has 4 nitrogen and oxygen atoms in total. The summed E-state index contributed by atoms with van der Waals surface area (Å²) < 4.78 is 0. The molecule has 2 aromatic carbocycles. The van der Waals surface area contributed by atoms with Gasteiger partial charge in [-0.05, 0) is 89.1 Å². The van der Waals surface area contributed by atoms with Crippen molar-refractivity contribution in [3.8, 4) is 0 Å². The minimum atomic E-state index is 0. The van der Waals surface area contributed by atoms with Crippen molar-refractivity contribution in [2.45, 2.75) is 53.9 Å². The topological polar surface area (TPSA) is 31.2 Å². The van der Waals surface area contributed by atoms with Crippen LogP contribution in [0.4, 0.5) is 22.7 Å². The minimum Gasteiger partial charge on any atom is -0.372 e. The van der Waals surface area contributed by atoms with Crippen LogP contribution in [0.3, 0.4) is 0 Å². The van der Waals surface area contributed by atoms with Gasteiger partial charge in [-0.1, -0.05) is 13.3 Å². The molecular formula is C26H38N4Pd. The normalized spacial score (nSPS) is 11.5. The molecule has 0 saturated carbocycles. The van der Waals surface area contributed by atoms with Crippen LogP contribution in [0.15, 0.2) is 58.5 Å². The zero-order valence-corrected chi connectivity index (χ0v) is 21.3. The third kappa shape index (κ3) is 8.59. The Kier molecular flexibility index (Phi) is 13.1. The molecule has 0 atom stereocenters. The van der Waals surface area contributed by atoms with Crippen molar-refractivity contribution in [3.63, 3.8) is 0 Å². The average Bonchev–Trinajstić information content (AvgIpc) is 2.79. The monoisotopic (exact) mass is 512 g/mol. The van der Waals surface area contributed by atoms with Crippen LogP contribution in [0.2, 0.25) is 0 Å². The molecule has 0 aliphatic carbocycles. The van der Waals surface area contributed by atoms with Crippen LogP contribution in [-0.2, 0) is 20.4 Å². The van der Waals surface area contributed by atoms with E-state index >= 15 is 0 Å². The van der Waals surface area contributed by atoms with E-state index in [1.807, 2.05) is 6.21 Å². The largest absolute Gasteiger partial charge is 0.372 e. The van der Waals surface area contributed by atoms with Gasteiger partial charge in [-0.15, -0.1) is 0 Å². The second-order valence-corrected chi connectivity index (χ2v) is 7.34. The molecule has 2 aromatic rings. The van der Waals surface area contributed by atoms with Gasteiger partial charge in [0, 0.05) is 64.2 Å². The van der Waals surface area contributed by atoms with Crippen LogP contribution < -0.4 is 9.80 Å². The van der Waals surface area contributed by atoms with Gasteiger partial charge in [0.25, 0.3) is 0 Å². The molecule has 0 aliphatic heterocycles. The molecule has 0 radical (unpaired) electrons. The van der Waals surface area contributed by atoms with Gasteiger partial charge >= 0.3 is 0 Å². The maximum absolute atomic E-state index is 4.88. The summed E-state index contributed by atoms with van der Waals surface area (Å²) in [7, 11) is 0. The van der Waals surface area contributed by atoms with Gasteiger partial charge in [0.1, 0.15) is 0 Å². The first-order valence-corrected chi connectivity index (χ1v) is 11.5. The van der Waals surface area contributed by atoms with Gasteiger partial charge in [-0.3, -0.25) is 9.98 Å². The van der Waals surface area contributed by atoms with Crippen molar-refractivity contribution in [1.82, 2.24) is 0 Å². The molecule has 0 aromatic heterocycles. The smallest absolute Gasteiger partial charge is 0.0635 e. The number of hydrogen-bond acceptors (Lipinski definition) is 4. The van der Waals surface area contributed by atoms with E-state index in [1.54, 1.807) is 0 Å². The minimum absolute atomic E-state index is 0. The number of unbranched alkanes of at least 4 members (excludes halogenated alkanes) is 1. The molecule has 0 spiro atoms. The Hall–Kier alpha value is -1.96. The van der Waals surface area contributed by atoms with Crippen LogP contribution in [0.5, 0.6) is 0 Å². The van der Waals surface area contributed by atoms with Crippen molar-refractivity contribution in [1.29, 1.82) is 0 Å². The molecule has 0 fully saturated rings. The molecule has 172 valence electrons. The second kappa shape index (κ2) is 14.9. The van der Waals surface area contributed by atoms with Gasteiger partial charge in [-0.2, -0.15) is 0 Å².